The zero-order valence-electron chi connectivity index (χ0n) is 12.8. The summed E-state index contributed by atoms with van der Waals surface area (Å²) in [5.41, 5.74) is 0.541. The van der Waals surface area contributed by atoms with Gasteiger partial charge in [-0.15, -0.1) is 11.8 Å². The van der Waals surface area contributed by atoms with E-state index in [1.165, 1.54) is 11.8 Å². The second-order valence-electron chi connectivity index (χ2n) is 4.86. The van der Waals surface area contributed by atoms with Gasteiger partial charge in [-0.3, -0.25) is 9.59 Å². The van der Waals surface area contributed by atoms with E-state index in [1.54, 1.807) is 37.3 Å². The highest BCUT2D eigenvalue weighted by Gasteiger charge is 2.17. The number of carbonyl (C=O) groups is 2. The number of thioether (sulfide) groups is 1. The van der Waals surface area contributed by atoms with Crippen LogP contribution in [0.1, 0.15) is 17.6 Å². The summed E-state index contributed by atoms with van der Waals surface area (Å²) in [6.45, 7) is 1.65. The van der Waals surface area contributed by atoms with Gasteiger partial charge in [0.2, 0.25) is 0 Å². The first-order chi connectivity index (χ1) is 11.0. The molecule has 7 heteroatoms. The fourth-order valence-corrected chi connectivity index (χ4v) is 2.35. The number of furan rings is 1. The Morgan fingerprint density at radius 2 is 2.04 bits per heavy atom. The van der Waals surface area contributed by atoms with Crippen LogP contribution in [0.25, 0.3) is 0 Å². The molecule has 2 amide bonds. The lowest BCUT2D eigenvalue weighted by Crippen LogP contribution is -2.37. The van der Waals surface area contributed by atoms with E-state index in [1.807, 2.05) is 12.3 Å². The van der Waals surface area contributed by atoms with E-state index in [-0.39, 0.29) is 6.54 Å². The van der Waals surface area contributed by atoms with Crippen LogP contribution in [0.3, 0.4) is 0 Å². The molecule has 0 radical (unpaired) electrons. The van der Waals surface area contributed by atoms with Crippen molar-refractivity contribution in [3.8, 4) is 0 Å². The molecule has 3 N–H and O–H groups in total. The molecule has 122 valence electrons. The van der Waals surface area contributed by atoms with Gasteiger partial charge >= 0.3 is 11.8 Å². The van der Waals surface area contributed by atoms with Gasteiger partial charge in [0, 0.05) is 10.6 Å². The summed E-state index contributed by atoms with van der Waals surface area (Å²) in [4.78, 5) is 24.6. The first-order valence-electron chi connectivity index (χ1n) is 6.97. The van der Waals surface area contributed by atoms with Gasteiger partial charge in [-0.05, 0) is 43.5 Å². The molecule has 6 nitrogen and oxygen atoms in total. The lowest BCUT2D eigenvalue weighted by molar-refractivity contribution is -0.136. The number of rotatable bonds is 5. The minimum Gasteiger partial charge on any atom is -0.464 e. The van der Waals surface area contributed by atoms with Crippen molar-refractivity contribution in [1.29, 1.82) is 0 Å². The third kappa shape index (κ3) is 4.87. The maximum Gasteiger partial charge on any atom is 0.313 e. The maximum atomic E-state index is 11.8. The Morgan fingerprint density at radius 3 is 2.70 bits per heavy atom. The molecular formula is C16H18N2O4S. The number of carbonyl (C=O) groups excluding carboxylic acids is 2. The van der Waals surface area contributed by atoms with Crippen molar-refractivity contribution in [1.82, 2.24) is 5.32 Å². The standard InChI is InChI=1S/C16H18N2O4S/c1-10-6-7-14(22-10)13(19)9-17-15(20)16(21)18-11-4-3-5-12(8-11)23-2/h3-8,13,19H,9H2,1-2H3,(H,17,20)(H,18,21). The van der Waals surface area contributed by atoms with Crippen molar-refractivity contribution in [2.45, 2.75) is 17.9 Å². The van der Waals surface area contributed by atoms with Crippen molar-refractivity contribution >= 4 is 29.3 Å². The highest BCUT2D eigenvalue weighted by Crippen LogP contribution is 2.19. The fourth-order valence-electron chi connectivity index (χ4n) is 1.89. The molecular weight excluding hydrogens is 316 g/mol. The van der Waals surface area contributed by atoms with Crippen LogP contribution in [0.5, 0.6) is 0 Å². The molecule has 1 aromatic heterocycles. The molecule has 2 rings (SSSR count). The third-order valence-electron chi connectivity index (χ3n) is 3.08. The predicted octanol–water partition coefficient (Wildman–Crippen LogP) is 2.10. The number of aliphatic hydroxyl groups excluding tert-OH is 1. The molecule has 2 aromatic rings. The van der Waals surface area contributed by atoms with Crippen molar-refractivity contribution in [3.05, 3.63) is 47.9 Å². The lowest BCUT2D eigenvalue weighted by Gasteiger charge is -2.10. The molecule has 1 atom stereocenters. The number of hydrogen-bond acceptors (Lipinski definition) is 5. The van der Waals surface area contributed by atoms with Gasteiger partial charge in [0.05, 0.1) is 6.54 Å². The number of amides is 2. The fraction of sp³-hybridized carbons (Fsp3) is 0.250. The number of hydrogen-bond donors (Lipinski definition) is 3. The Hall–Kier alpha value is -2.25. The van der Waals surface area contributed by atoms with E-state index in [2.05, 4.69) is 10.6 Å². The largest absolute Gasteiger partial charge is 0.464 e. The number of aryl methyl sites for hydroxylation is 1. The molecule has 0 aliphatic carbocycles. The summed E-state index contributed by atoms with van der Waals surface area (Å²) in [5.74, 6) is -0.597. The van der Waals surface area contributed by atoms with Gasteiger partial charge in [-0.25, -0.2) is 0 Å². The van der Waals surface area contributed by atoms with E-state index in [4.69, 9.17) is 4.42 Å². The number of nitrogens with one attached hydrogen (secondary N) is 2. The van der Waals surface area contributed by atoms with Gasteiger partial charge in [0.15, 0.2) is 0 Å². The molecule has 0 fully saturated rings. The second-order valence-corrected chi connectivity index (χ2v) is 5.74. The maximum absolute atomic E-state index is 11.8. The third-order valence-corrected chi connectivity index (χ3v) is 3.80. The molecule has 0 saturated heterocycles. The van der Waals surface area contributed by atoms with Crippen LogP contribution in [0, 0.1) is 6.92 Å². The molecule has 0 saturated carbocycles. The van der Waals surface area contributed by atoms with Crippen LogP contribution in [-0.4, -0.2) is 29.7 Å². The predicted molar refractivity (Wildman–Crippen MR) is 88.3 cm³/mol. The molecule has 0 bridgehead atoms. The molecule has 0 aliphatic rings. The molecule has 1 heterocycles. The van der Waals surface area contributed by atoms with E-state index in [0.717, 1.165) is 4.90 Å². The topological polar surface area (TPSA) is 91.6 Å². The monoisotopic (exact) mass is 334 g/mol. The average Bonchev–Trinajstić information content (AvgIpc) is 2.99. The molecule has 23 heavy (non-hydrogen) atoms. The minimum absolute atomic E-state index is 0.107. The highest BCUT2D eigenvalue weighted by molar-refractivity contribution is 7.98. The zero-order valence-corrected chi connectivity index (χ0v) is 13.6. The highest BCUT2D eigenvalue weighted by atomic mass is 32.2. The first-order valence-corrected chi connectivity index (χ1v) is 8.19. The SMILES string of the molecule is CSc1cccc(NC(=O)C(=O)NCC(O)c2ccc(C)o2)c1. The van der Waals surface area contributed by atoms with Crippen molar-refractivity contribution in [2.75, 3.05) is 18.1 Å². The summed E-state index contributed by atoms with van der Waals surface area (Å²) in [5, 5.41) is 14.8. The summed E-state index contributed by atoms with van der Waals surface area (Å²) >= 11 is 1.54. The molecule has 0 spiro atoms. The van der Waals surface area contributed by atoms with Gasteiger partial charge < -0.3 is 20.2 Å². The lowest BCUT2D eigenvalue weighted by atomic mass is 10.2. The van der Waals surface area contributed by atoms with Crippen molar-refractivity contribution in [3.63, 3.8) is 0 Å². The number of anilines is 1. The van der Waals surface area contributed by atoms with Crippen LogP contribution >= 0.6 is 11.8 Å². The first kappa shape index (κ1) is 17.1. The Bertz CT molecular complexity index is 699. The Balaban J connectivity index is 1.86. The average molecular weight is 334 g/mol. The molecule has 0 aliphatic heterocycles. The summed E-state index contributed by atoms with van der Waals surface area (Å²) in [6.07, 6.45) is 0.922. The van der Waals surface area contributed by atoms with Crippen LogP contribution in [0.4, 0.5) is 5.69 Å². The van der Waals surface area contributed by atoms with Crippen molar-refractivity contribution < 1.29 is 19.1 Å². The normalized spacial score (nSPS) is 11.8. The van der Waals surface area contributed by atoms with Gasteiger partial charge in [0.1, 0.15) is 17.6 Å². The Kier molecular flexibility index (Phi) is 5.84. The minimum atomic E-state index is -1.000. The van der Waals surface area contributed by atoms with Crippen LogP contribution in [-0.2, 0) is 9.59 Å². The second kappa shape index (κ2) is 7.85. The molecule has 1 unspecified atom stereocenters. The molecule has 1 aromatic carbocycles. The van der Waals surface area contributed by atoms with Crippen molar-refractivity contribution in [2.24, 2.45) is 0 Å². The Labute approximate surface area is 138 Å². The van der Waals surface area contributed by atoms with E-state index in [0.29, 0.717) is 17.2 Å². The quantitative estimate of drug-likeness (QED) is 0.575. The van der Waals surface area contributed by atoms with Gasteiger partial charge in [-0.1, -0.05) is 6.07 Å². The van der Waals surface area contributed by atoms with E-state index >= 15 is 0 Å². The van der Waals surface area contributed by atoms with Crippen LogP contribution in [0.15, 0.2) is 45.7 Å². The van der Waals surface area contributed by atoms with Crippen LogP contribution < -0.4 is 10.6 Å². The van der Waals surface area contributed by atoms with E-state index < -0.39 is 17.9 Å². The smallest absolute Gasteiger partial charge is 0.313 e. The van der Waals surface area contributed by atoms with Gasteiger partial charge in [-0.2, -0.15) is 0 Å². The van der Waals surface area contributed by atoms with Crippen LogP contribution in [0.2, 0.25) is 0 Å². The Morgan fingerprint density at radius 1 is 1.26 bits per heavy atom. The number of benzene rings is 1. The summed E-state index contributed by atoms with van der Waals surface area (Å²) in [6, 6.07) is 10.5. The summed E-state index contributed by atoms with van der Waals surface area (Å²) < 4.78 is 5.26. The number of aliphatic hydroxyl groups is 1. The zero-order chi connectivity index (χ0) is 16.8. The summed E-state index contributed by atoms with van der Waals surface area (Å²) in [7, 11) is 0. The van der Waals surface area contributed by atoms with E-state index in [9.17, 15) is 14.7 Å². The van der Waals surface area contributed by atoms with Gasteiger partial charge in [0.25, 0.3) is 0 Å².